The summed E-state index contributed by atoms with van der Waals surface area (Å²) < 4.78 is 0. The Hall–Kier alpha value is -7.56. The summed E-state index contributed by atoms with van der Waals surface area (Å²) in [6.07, 6.45) is 1.82. The van der Waals surface area contributed by atoms with Gasteiger partial charge in [0.2, 0.25) is 0 Å². The van der Waals surface area contributed by atoms with Crippen LogP contribution in [0.1, 0.15) is 0 Å². The van der Waals surface area contributed by atoms with Crippen molar-refractivity contribution in [2.75, 3.05) is 0 Å². The van der Waals surface area contributed by atoms with Gasteiger partial charge in [0, 0.05) is 28.3 Å². The first-order chi connectivity index (χ1) is 27.7. The standard InChI is InChI=1S/C52H32N4/c1-2-14-33(15-3-1)50-54-51(56-52(55-50)46-24-12-26-47-45(46)25-13-27-53-47)40-31-38(48-41-20-8-4-16-34(41)28-35-17-5-9-21-42(35)48)30-39(32-40)49-43-22-10-6-18-36(43)29-37-19-7-11-23-44(37)49/h1-32H. The number of nitrogens with zero attached hydrogens (tertiary/aromatic N) is 4. The molecule has 56 heavy (non-hydrogen) atoms. The van der Waals surface area contributed by atoms with Crippen LogP contribution in [0.3, 0.4) is 0 Å². The van der Waals surface area contributed by atoms with Crippen LogP contribution in [0.15, 0.2) is 194 Å². The highest BCUT2D eigenvalue weighted by atomic mass is 15.0. The third-order valence-electron chi connectivity index (χ3n) is 10.9. The van der Waals surface area contributed by atoms with E-state index >= 15 is 0 Å². The lowest BCUT2D eigenvalue weighted by molar-refractivity contribution is 1.08. The molecule has 0 aliphatic carbocycles. The summed E-state index contributed by atoms with van der Waals surface area (Å²) in [4.78, 5) is 20.4. The molecule has 2 aromatic heterocycles. The van der Waals surface area contributed by atoms with Crippen LogP contribution in [0.4, 0.5) is 0 Å². The molecule has 0 saturated carbocycles. The van der Waals surface area contributed by atoms with Gasteiger partial charge in [-0.25, -0.2) is 15.0 Å². The molecule has 4 nitrogen and oxygen atoms in total. The third-order valence-corrected chi connectivity index (χ3v) is 10.9. The van der Waals surface area contributed by atoms with Crippen LogP contribution in [0, 0.1) is 0 Å². The van der Waals surface area contributed by atoms with E-state index in [-0.39, 0.29) is 0 Å². The molecule has 4 heteroatoms. The molecule has 0 N–H and O–H groups in total. The van der Waals surface area contributed by atoms with E-state index in [4.69, 9.17) is 15.0 Å². The van der Waals surface area contributed by atoms with E-state index in [0.29, 0.717) is 17.5 Å². The van der Waals surface area contributed by atoms with Gasteiger partial charge in [-0.1, -0.05) is 146 Å². The molecule has 0 atom stereocenters. The Bertz CT molecular complexity index is 3070. The molecule has 0 aliphatic rings. The number of hydrogen-bond acceptors (Lipinski definition) is 4. The number of benzene rings is 9. The minimum Gasteiger partial charge on any atom is -0.256 e. The minimum atomic E-state index is 0.602. The molecular weight excluding hydrogens is 681 g/mol. The van der Waals surface area contributed by atoms with Gasteiger partial charge in [0.05, 0.1) is 5.52 Å². The van der Waals surface area contributed by atoms with Crippen LogP contribution in [-0.4, -0.2) is 19.9 Å². The number of fused-ring (bicyclic) bond motifs is 5. The molecule has 11 aromatic rings. The average molecular weight is 713 g/mol. The molecule has 0 unspecified atom stereocenters. The van der Waals surface area contributed by atoms with Crippen LogP contribution in [0.5, 0.6) is 0 Å². The zero-order valence-electron chi connectivity index (χ0n) is 30.3. The predicted octanol–water partition coefficient (Wildman–Crippen LogP) is 13.4. The number of hydrogen-bond donors (Lipinski definition) is 0. The van der Waals surface area contributed by atoms with Crippen molar-refractivity contribution >= 4 is 54.0 Å². The zero-order valence-corrected chi connectivity index (χ0v) is 30.3. The first-order valence-corrected chi connectivity index (χ1v) is 18.9. The Morgan fingerprint density at radius 3 is 1.29 bits per heavy atom. The fourth-order valence-corrected chi connectivity index (χ4v) is 8.33. The molecule has 2 heterocycles. The second-order valence-corrected chi connectivity index (χ2v) is 14.2. The van der Waals surface area contributed by atoms with E-state index in [1.807, 2.05) is 42.6 Å². The van der Waals surface area contributed by atoms with Gasteiger partial charge in [-0.2, -0.15) is 0 Å². The van der Waals surface area contributed by atoms with E-state index in [1.54, 1.807) is 0 Å². The van der Waals surface area contributed by atoms with Crippen LogP contribution in [-0.2, 0) is 0 Å². The molecular formula is C52H32N4. The summed E-state index contributed by atoms with van der Waals surface area (Å²) in [6, 6.07) is 66.6. The third kappa shape index (κ3) is 5.39. The summed E-state index contributed by atoms with van der Waals surface area (Å²) in [5, 5.41) is 10.6. The lowest BCUT2D eigenvalue weighted by atomic mass is 9.87. The maximum absolute atomic E-state index is 5.32. The van der Waals surface area contributed by atoms with E-state index in [1.165, 1.54) is 54.2 Å². The van der Waals surface area contributed by atoms with Crippen LogP contribution in [0.2, 0.25) is 0 Å². The molecule has 0 bridgehead atoms. The Morgan fingerprint density at radius 2 is 0.732 bits per heavy atom. The maximum atomic E-state index is 5.32. The molecule has 0 amide bonds. The molecule has 0 radical (unpaired) electrons. The van der Waals surface area contributed by atoms with Gasteiger partial charge in [0.15, 0.2) is 17.5 Å². The SMILES string of the molecule is c1ccc(-c2nc(-c3cc(-c4c5ccccc5cc5ccccc45)cc(-c4c5ccccc5cc5ccccc45)c3)nc(-c3cccc4ncccc34)n2)cc1. The highest BCUT2D eigenvalue weighted by Crippen LogP contribution is 2.43. The first-order valence-electron chi connectivity index (χ1n) is 18.9. The zero-order chi connectivity index (χ0) is 37.0. The first kappa shape index (κ1) is 31.9. The Balaban J connectivity index is 1.26. The van der Waals surface area contributed by atoms with Crippen molar-refractivity contribution in [2.24, 2.45) is 0 Å². The average Bonchev–Trinajstić information content (AvgIpc) is 3.27. The summed E-state index contributed by atoms with van der Waals surface area (Å²) in [5.74, 6) is 1.82. The van der Waals surface area contributed by atoms with Crippen LogP contribution in [0.25, 0.3) is 110 Å². The smallest absolute Gasteiger partial charge is 0.164 e. The van der Waals surface area contributed by atoms with Crippen molar-refractivity contribution in [1.29, 1.82) is 0 Å². The number of pyridine rings is 1. The quantitative estimate of drug-likeness (QED) is 0.167. The Labute approximate surface area is 323 Å². The number of rotatable bonds is 5. The van der Waals surface area contributed by atoms with Gasteiger partial charge in [-0.3, -0.25) is 4.98 Å². The monoisotopic (exact) mass is 712 g/mol. The summed E-state index contributed by atoms with van der Waals surface area (Å²) in [6.45, 7) is 0. The molecule has 0 aliphatic heterocycles. The van der Waals surface area contributed by atoms with Crippen LogP contribution < -0.4 is 0 Å². The lowest BCUT2D eigenvalue weighted by Gasteiger charge is -2.18. The van der Waals surface area contributed by atoms with E-state index in [2.05, 4.69) is 157 Å². The molecule has 0 spiro atoms. The van der Waals surface area contributed by atoms with Crippen molar-refractivity contribution in [2.45, 2.75) is 0 Å². The highest BCUT2D eigenvalue weighted by Gasteiger charge is 2.20. The van der Waals surface area contributed by atoms with E-state index in [0.717, 1.165) is 38.7 Å². The van der Waals surface area contributed by atoms with Gasteiger partial charge in [-0.15, -0.1) is 0 Å². The normalized spacial score (nSPS) is 11.6. The van der Waals surface area contributed by atoms with Gasteiger partial charge in [-0.05, 0) is 108 Å². The van der Waals surface area contributed by atoms with Crippen molar-refractivity contribution in [1.82, 2.24) is 19.9 Å². The lowest BCUT2D eigenvalue weighted by Crippen LogP contribution is -2.01. The molecule has 0 saturated heterocycles. The second-order valence-electron chi connectivity index (χ2n) is 14.2. The largest absolute Gasteiger partial charge is 0.256 e. The molecule has 0 fully saturated rings. The van der Waals surface area contributed by atoms with Crippen molar-refractivity contribution in [3.05, 3.63) is 194 Å². The van der Waals surface area contributed by atoms with Gasteiger partial charge in [0.1, 0.15) is 0 Å². The maximum Gasteiger partial charge on any atom is 0.164 e. The van der Waals surface area contributed by atoms with Gasteiger partial charge >= 0.3 is 0 Å². The van der Waals surface area contributed by atoms with Crippen LogP contribution >= 0.6 is 0 Å². The predicted molar refractivity (Wildman–Crippen MR) is 232 cm³/mol. The summed E-state index contributed by atoms with van der Waals surface area (Å²) >= 11 is 0. The topological polar surface area (TPSA) is 51.6 Å². The van der Waals surface area contributed by atoms with Crippen molar-refractivity contribution in [3.8, 4) is 56.4 Å². The van der Waals surface area contributed by atoms with E-state index in [9.17, 15) is 0 Å². The number of aromatic nitrogens is 4. The minimum absolute atomic E-state index is 0.602. The summed E-state index contributed by atoms with van der Waals surface area (Å²) in [5.41, 5.74) is 8.20. The highest BCUT2D eigenvalue weighted by molar-refractivity contribution is 6.16. The molecule has 260 valence electrons. The van der Waals surface area contributed by atoms with Gasteiger partial charge in [0.25, 0.3) is 0 Å². The van der Waals surface area contributed by atoms with Crippen molar-refractivity contribution in [3.63, 3.8) is 0 Å². The van der Waals surface area contributed by atoms with Gasteiger partial charge < -0.3 is 0 Å². The van der Waals surface area contributed by atoms with E-state index < -0.39 is 0 Å². The fourth-order valence-electron chi connectivity index (χ4n) is 8.33. The molecule has 9 aromatic carbocycles. The Morgan fingerprint density at radius 1 is 0.286 bits per heavy atom. The Kier molecular flexibility index (Phi) is 7.46. The second kappa shape index (κ2) is 13.1. The fraction of sp³-hybridized carbons (Fsp3) is 0. The summed E-state index contributed by atoms with van der Waals surface area (Å²) in [7, 11) is 0. The van der Waals surface area contributed by atoms with Crippen molar-refractivity contribution < 1.29 is 0 Å². The molecule has 11 rings (SSSR count).